The number of unbranched alkanes of at least 4 members (excludes halogenated alkanes) is 1. The van der Waals surface area contributed by atoms with Crippen molar-refractivity contribution < 1.29 is 9.84 Å². The number of hydrogen-bond donors (Lipinski definition) is 1. The lowest BCUT2D eigenvalue weighted by molar-refractivity contribution is 0.313. The van der Waals surface area contributed by atoms with Crippen molar-refractivity contribution in [2.75, 3.05) is 6.61 Å². The van der Waals surface area contributed by atoms with Gasteiger partial charge in [0.2, 0.25) is 0 Å². The van der Waals surface area contributed by atoms with Crippen molar-refractivity contribution in [2.45, 2.75) is 19.8 Å². The number of fused-ring (bicyclic) bond motifs is 1. The van der Waals surface area contributed by atoms with Crippen LogP contribution in [0.15, 0.2) is 36.4 Å². The van der Waals surface area contributed by atoms with E-state index in [0.717, 1.165) is 36.0 Å². The molecule has 0 unspecified atom stereocenters. The Morgan fingerprint density at radius 1 is 1.06 bits per heavy atom. The first kappa shape index (κ1) is 10.8. The first-order valence-corrected chi connectivity index (χ1v) is 5.66. The van der Waals surface area contributed by atoms with Gasteiger partial charge in [-0.2, -0.15) is 0 Å². The van der Waals surface area contributed by atoms with Gasteiger partial charge in [0, 0.05) is 10.8 Å². The standard InChI is InChI=1S/C14H16O2/c1-2-3-10-16-14-9-5-6-11-12(14)7-4-8-13(11)15/h4-9,15H,2-3,10H2,1H3. The summed E-state index contributed by atoms with van der Waals surface area (Å²) in [5.74, 6) is 1.15. The van der Waals surface area contributed by atoms with E-state index in [4.69, 9.17) is 4.74 Å². The molecule has 0 aliphatic rings. The lowest BCUT2D eigenvalue weighted by Crippen LogP contribution is -1.96. The normalized spacial score (nSPS) is 10.6. The van der Waals surface area contributed by atoms with Crippen LogP contribution in [0.4, 0.5) is 0 Å². The minimum absolute atomic E-state index is 0.304. The molecule has 0 heterocycles. The van der Waals surface area contributed by atoms with Crippen LogP contribution >= 0.6 is 0 Å². The van der Waals surface area contributed by atoms with Crippen molar-refractivity contribution in [2.24, 2.45) is 0 Å². The van der Waals surface area contributed by atoms with Crippen molar-refractivity contribution in [3.63, 3.8) is 0 Å². The molecule has 16 heavy (non-hydrogen) atoms. The second-order valence-corrected chi connectivity index (χ2v) is 3.83. The van der Waals surface area contributed by atoms with E-state index in [1.807, 2.05) is 30.3 Å². The van der Waals surface area contributed by atoms with Crippen LogP contribution in [0.2, 0.25) is 0 Å². The van der Waals surface area contributed by atoms with Gasteiger partial charge in [0.25, 0.3) is 0 Å². The van der Waals surface area contributed by atoms with Crippen molar-refractivity contribution in [3.05, 3.63) is 36.4 Å². The van der Waals surface area contributed by atoms with Crippen LogP contribution in [0.25, 0.3) is 10.8 Å². The Hall–Kier alpha value is -1.70. The number of rotatable bonds is 4. The molecule has 0 aliphatic heterocycles. The van der Waals surface area contributed by atoms with E-state index in [1.54, 1.807) is 6.07 Å². The summed E-state index contributed by atoms with van der Waals surface area (Å²) in [6.07, 6.45) is 2.17. The highest BCUT2D eigenvalue weighted by atomic mass is 16.5. The molecule has 0 aliphatic carbocycles. The second-order valence-electron chi connectivity index (χ2n) is 3.83. The number of phenols is 1. The first-order valence-electron chi connectivity index (χ1n) is 5.66. The molecule has 2 nitrogen and oxygen atoms in total. The fraction of sp³-hybridized carbons (Fsp3) is 0.286. The van der Waals surface area contributed by atoms with Gasteiger partial charge >= 0.3 is 0 Å². The zero-order chi connectivity index (χ0) is 11.4. The quantitative estimate of drug-likeness (QED) is 0.789. The molecular weight excluding hydrogens is 200 g/mol. The number of hydrogen-bond acceptors (Lipinski definition) is 2. The molecule has 2 aromatic rings. The van der Waals surface area contributed by atoms with Crippen molar-refractivity contribution >= 4 is 10.8 Å². The highest BCUT2D eigenvalue weighted by molar-refractivity contribution is 5.92. The maximum Gasteiger partial charge on any atom is 0.127 e. The van der Waals surface area contributed by atoms with Crippen molar-refractivity contribution in [3.8, 4) is 11.5 Å². The largest absolute Gasteiger partial charge is 0.507 e. The van der Waals surface area contributed by atoms with E-state index < -0.39 is 0 Å². The molecule has 2 heteroatoms. The SMILES string of the molecule is CCCCOc1cccc2c(O)cccc12. The van der Waals surface area contributed by atoms with Gasteiger partial charge in [0.15, 0.2) is 0 Å². The lowest BCUT2D eigenvalue weighted by atomic mass is 10.1. The van der Waals surface area contributed by atoms with Crippen LogP contribution in [0.5, 0.6) is 11.5 Å². The fourth-order valence-electron chi connectivity index (χ4n) is 1.72. The Morgan fingerprint density at radius 3 is 2.62 bits per heavy atom. The van der Waals surface area contributed by atoms with Gasteiger partial charge < -0.3 is 9.84 Å². The van der Waals surface area contributed by atoms with Gasteiger partial charge in [-0.1, -0.05) is 37.6 Å². The highest BCUT2D eigenvalue weighted by Crippen LogP contribution is 2.31. The van der Waals surface area contributed by atoms with Crippen LogP contribution in [0.1, 0.15) is 19.8 Å². The summed E-state index contributed by atoms with van der Waals surface area (Å²) in [6, 6.07) is 11.2. The smallest absolute Gasteiger partial charge is 0.127 e. The minimum Gasteiger partial charge on any atom is -0.507 e. The van der Waals surface area contributed by atoms with E-state index in [2.05, 4.69) is 6.92 Å². The van der Waals surface area contributed by atoms with E-state index in [0.29, 0.717) is 5.75 Å². The second kappa shape index (κ2) is 4.88. The van der Waals surface area contributed by atoms with Gasteiger partial charge in [-0.05, 0) is 18.6 Å². The number of phenolic OH excluding ortho intramolecular Hbond substituents is 1. The molecule has 0 saturated carbocycles. The topological polar surface area (TPSA) is 29.5 Å². The molecule has 0 saturated heterocycles. The summed E-state index contributed by atoms with van der Waals surface area (Å²) in [5.41, 5.74) is 0. The fourth-order valence-corrected chi connectivity index (χ4v) is 1.72. The molecule has 0 radical (unpaired) electrons. The molecule has 2 rings (SSSR count). The van der Waals surface area contributed by atoms with Crippen molar-refractivity contribution in [1.82, 2.24) is 0 Å². The van der Waals surface area contributed by atoms with Crippen LogP contribution in [0, 0.1) is 0 Å². The van der Waals surface area contributed by atoms with E-state index in [1.165, 1.54) is 0 Å². The Kier molecular flexibility index (Phi) is 3.30. The molecule has 0 bridgehead atoms. The Labute approximate surface area is 95.5 Å². The zero-order valence-electron chi connectivity index (χ0n) is 9.44. The third-order valence-corrected chi connectivity index (χ3v) is 2.61. The predicted molar refractivity (Wildman–Crippen MR) is 66.0 cm³/mol. The molecule has 0 amide bonds. The maximum atomic E-state index is 9.71. The van der Waals surface area contributed by atoms with Gasteiger partial charge in [-0.25, -0.2) is 0 Å². The summed E-state index contributed by atoms with van der Waals surface area (Å²) in [6.45, 7) is 2.86. The van der Waals surface area contributed by atoms with E-state index in [9.17, 15) is 5.11 Å². The first-order chi connectivity index (χ1) is 7.83. The Morgan fingerprint density at radius 2 is 1.81 bits per heavy atom. The molecule has 0 spiro atoms. The van der Waals surface area contributed by atoms with Crippen LogP contribution < -0.4 is 4.74 Å². The van der Waals surface area contributed by atoms with Crippen LogP contribution in [-0.2, 0) is 0 Å². The Balaban J connectivity index is 2.34. The summed E-state index contributed by atoms with van der Waals surface area (Å²) in [7, 11) is 0. The van der Waals surface area contributed by atoms with Gasteiger partial charge in [0.1, 0.15) is 11.5 Å². The molecule has 0 aromatic heterocycles. The average molecular weight is 216 g/mol. The molecule has 0 atom stereocenters. The lowest BCUT2D eigenvalue weighted by Gasteiger charge is -2.09. The third kappa shape index (κ3) is 2.11. The number of aromatic hydroxyl groups is 1. The highest BCUT2D eigenvalue weighted by Gasteiger charge is 2.04. The Bertz CT molecular complexity index is 477. The molecule has 0 fully saturated rings. The van der Waals surface area contributed by atoms with Crippen molar-refractivity contribution in [1.29, 1.82) is 0 Å². The molecule has 1 N–H and O–H groups in total. The summed E-state index contributed by atoms with van der Waals surface area (Å²) in [4.78, 5) is 0. The number of benzene rings is 2. The zero-order valence-corrected chi connectivity index (χ0v) is 9.44. The van der Waals surface area contributed by atoms with E-state index in [-0.39, 0.29) is 0 Å². The van der Waals surface area contributed by atoms with Gasteiger partial charge in [-0.3, -0.25) is 0 Å². The van der Waals surface area contributed by atoms with Gasteiger partial charge in [-0.15, -0.1) is 0 Å². The minimum atomic E-state index is 0.304. The van der Waals surface area contributed by atoms with Crippen LogP contribution in [-0.4, -0.2) is 11.7 Å². The third-order valence-electron chi connectivity index (χ3n) is 2.61. The predicted octanol–water partition coefficient (Wildman–Crippen LogP) is 3.72. The molecule has 2 aromatic carbocycles. The van der Waals surface area contributed by atoms with E-state index >= 15 is 0 Å². The molecular formula is C14H16O2. The number of ether oxygens (including phenoxy) is 1. The van der Waals surface area contributed by atoms with Crippen LogP contribution in [0.3, 0.4) is 0 Å². The molecule has 84 valence electrons. The maximum absolute atomic E-state index is 9.71. The summed E-state index contributed by atoms with van der Waals surface area (Å²) in [5, 5.41) is 11.5. The summed E-state index contributed by atoms with van der Waals surface area (Å²) < 4.78 is 5.70. The van der Waals surface area contributed by atoms with Gasteiger partial charge in [0.05, 0.1) is 6.61 Å². The monoisotopic (exact) mass is 216 g/mol. The average Bonchev–Trinajstić information content (AvgIpc) is 2.31. The summed E-state index contributed by atoms with van der Waals surface area (Å²) >= 11 is 0.